The van der Waals surface area contributed by atoms with Crippen LogP contribution in [0, 0.1) is 11.8 Å². The molecular formula is C15H27BNO2. The molecule has 0 aromatic rings. The summed E-state index contributed by atoms with van der Waals surface area (Å²) in [5, 5.41) is 0.0139. The minimum absolute atomic E-state index is 0.0110. The number of carbonyl (C=O) groups excluding carboxylic acids is 2. The van der Waals surface area contributed by atoms with Crippen molar-refractivity contribution in [2.45, 2.75) is 72.1 Å². The molecule has 1 rings (SSSR count). The van der Waals surface area contributed by atoms with Crippen molar-refractivity contribution in [3.8, 4) is 0 Å². The normalized spacial score (nSPS) is 21.5. The van der Waals surface area contributed by atoms with Gasteiger partial charge in [-0.1, -0.05) is 39.8 Å². The van der Waals surface area contributed by atoms with Gasteiger partial charge < -0.3 is 0 Å². The summed E-state index contributed by atoms with van der Waals surface area (Å²) in [6, 6.07) is 0. The predicted octanol–water partition coefficient (Wildman–Crippen LogP) is 3.14. The van der Waals surface area contributed by atoms with Gasteiger partial charge in [-0.2, -0.15) is 0 Å². The topological polar surface area (TPSA) is 37.4 Å². The van der Waals surface area contributed by atoms with Gasteiger partial charge in [-0.25, -0.2) is 0 Å². The number of likely N-dealkylation sites (tertiary alicyclic amines) is 1. The Morgan fingerprint density at radius 2 is 1.79 bits per heavy atom. The third kappa shape index (κ3) is 3.40. The van der Waals surface area contributed by atoms with Crippen molar-refractivity contribution in [1.82, 2.24) is 4.90 Å². The molecule has 1 aliphatic rings. The molecule has 0 N–H and O–H groups in total. The van der Waals surface area contributed by atoms with Crippen LogP contribution in [0.5, 0.6) is 0 Å². The average molecular weight is 264 g/mol. The van der Waals surface area contributed by atoms with Crippen LogP contribution < -0.4 is 0 Å². The van der Waals surface area contributed by atoms with E-state index in [2.05, 4.69) is 21.1 Å². The summed E-state index contributed by atoms with van der Waals surface area (Å²) in [5.74, 6) is 0.0843. The molecule has 1 saturated heterocycles. The largest absolute Gasteiger partial charge is 0.277 e. The fourth-order valence-electron chi connectivity index (χ4n) is 3.11. The molecule has 1 heterocycles. The van der Waals surface area contributed by atoms with Gasteiger partial charge >= 0.3 is 0 Å². The third-order valence-electron chi connectivity index (χ3n) is 4.26. The van der Waals surface area contributed by atoms with E-state index in [1.54, 1.807) is 0 Å². The number of imide groups is 1. The van der Waals surface area contributed by atoms with E-state index in [0.717, 1.165) is 6.42 Å². The van der Waals surface area contributed by atoms with Crippen LogP contribution in [-0.2, 0) is 9.59 Å². The van der Waals surface area contributed by atoms with Crippen molar-refractivity contribution in [1.29, 1.82) is 0 Å². The van der Waals surface area contributed by atoms with Crippen LogP contribution in [0.1, 0.15) is 54.4 Å². The number of rotatable bonds is 5. The zero-order valence-corrected chi connectivity index (χ0v) is 13.4. The predicted molar refractivity (Wildman–Crippen MR) is 79.2 cm³/mol. The van der Waals surface area contributed by atoms with Gasteiger partial charge in [-0.05, 0) is 26.2 Å². The molecular weight excluding hydrogens is 237 g/mol. The van der Waals surface area contributed by atoms with E-state index >= 15 is 0 Å². The summed E-state index contributed by atoms with van der Waals surface area (Å²) >= 11 is 0. The highest BCUT2D eigenvalue weighted by molar-refractivity contribution is 6.37. The quantitative estimate of drug-likeness (QED) is 0.565. The van der Waals surface area contributed by atoms with E-state index in [1.807, 2.05) is 34.5 Å². The Balaban J connectivity index is 2.95. The van der Waals surface area contributed by atoms with Crippen molar-refractivity contribution >= 4 is 19.1 Å². The molecule has 0 spiro atoms. The molecule has 1 atom stereocenters. The van der Waals surface area contributed by atoms with Crippen LogP contribution in [0.25, 0.3) is 0 Å². The second-order valence-electron chi connectivity index (χ2n) is 7.39. The highest BCUT2D eigenvalue weighted by atomic mass is 16.2. The third-order valence-corrected chi connectivity index (χ3v) is 4.26. The standard InChI is InChI=1S/C15H27BNO2/c1-10(2)11-8-12(18)17(13(11)19)15(5,6)9-14(3,4)16-7/h10-11H,8-9H2,1-7H3. The Labute approximate surface area is 118 Å². The molecule has 0 aromatic heterocycles. The van der Waals surface area contributed by atoms with Crippen molar-refractivity contribution < 1.29 is 9.59 Å². The lowest BCUT2D eigenvalue weighted by Gasteiger charge is -2.40. The zero-order valence-electron chi connectivity index (χ0n) is 13.4. The van der Waals surface area contributed by atoms with Gasteiger partial charge in [-0.3, -0.25) is 14.5 Å². The van der Waals surface area contributed by atoms with Crippen molar-refractivity contribution in [3.63, 3.8) is 0 Å². The Bertz CT molecular complexity index is 374. The van der Waals surface area contributed by atoms with Crippen molar-refractivity contribution in [2.75, 3.05) is 0 Å². The highest BCUT2D eigenvalue weighted by Crippen LogP contribution is 2.40. The van der Waals surface area contributed by atoms with E-state index in [1.165, 1.54) is 4.90 Å². The number of hydrogen-bond donors (Lipinski definition) is 0. The second-order valence-corrected chi connectivity index (χ2v) is 7.39. The first kappa shape index (κ1) is 16.3. The lowest BCUT2D eigenvalue weighted by atomic mass is 9.52. The van der Waals surface area contributed by atoms with Crippen LogP contribution in [0.15, 0.2) is 0 Å². The number of nitrogens with zero attached hydrogens (tertiary/aromatic N) is 1. The van der Waals surface area contributed by atoms with Crippen LogP contribution in [0.3, 0.4) is 0 Å². The Morgan fingerprint density at radius 1 is 1.26 bits per heavy atom. The molecule has 2 amide bonds. The summed E-state index contributed by atoms with van der Waals surface area (Å²) in [6.07, 6.45) is 1.16. The van der Waals surface area contributed by atoms with Crippen molar-refractivity contribution in [2.24, 2.45) is 11.8 Å². The molecule has 1 radical (unpaired) electrons. The van der Waals surface area contributed by atoms with Gasteiger partial charge in [0.05, 0.1) is 0 Å². The molecule has 1 unspecified atom stereocenters. The monoisotopic (exact) mass is 264 g/mol. The first-order chi connectivity index (χ1) is 8.52. The maximum absolute atomic E-state index is 12.5. The van der Waals surface area contributed by atoms with Crippen LogP contribution >= 0.6 is 0 Å². The van der Waals surface area contributed by atoms with Gasteiger partial charge in [0.1, 0.15) is 7.28 Å². The maximum Gasteiger partial charge on any atom is 0.233 e. The van der Waals surface area contributed by atoms with Gasteiger partial charge in [0.15, 0.2) is 0 Å². The van der Waals surface area contributed by atoms with Crippen LogP contribution in [0.2, 0.25) is 12.1 Å². The lowest BCUT2D eigenvalue weighted by Crippen LogP contribution is -2.49. The molecule has 1 fully saturated rings. The van der Waals surface area contributed by atoms with E-state index in [4.69, 9.17) is 0 Å². The zero-order chi connectivity index (χ0) is 15.0. The summed E-state index contributed by atoms with van der Waals surface area (Å²) < 4.78 is 0. The Hall–Kier alpha value is -0.795. The van der Waals surface area contributed by atoms with E-state index in [9.17, 15) is 9.59 Å². The van der Waals surface area contributed by atoms with Crippen LogP contribution in [-0.4, -0.2) is 29.5 Å². The second kappa shape index (κ2) is 5.30. The first-order valence-corrected chi connectivity index (χ1v) is 7.19. The number of amides is 2. The molecule has 3 nitrogen and oxygen atoms in total. The molecule has 4 heteroatoms. The van der Waals surface area contributed by atoms with Gasteiger partial charge in [0.25, 0.3) is 0 Å². The van der Waals surface area contributed by atoms with Crippen LogP contribution in [0.4, 0.5) is 0 Å². The van der Waals surface area contributed by atoms with E-state index in [0.29, 0.717) is 6.42 Å². The summed E-state index contributed by atoms with van der Waals surface area (Å²) in [4.78, 5) is 26.2. The average Bonchev–Trinajstić information content (AvgIpc) is 2.53. The maximum atomic E-state index is 12.5. The van der Waals surface area contributed by atoms with Crippen molar-refractivity contribution in [3.05, 3.63) is 0 Å². The minimum atomic E-state index is -0.423. The summed E-state index contributed by atoms with van der Waals surface area (Å²) in [5.41, 5.74) is -0.423. The molecule has 19 heavy (non-hydrogen) atoms. The molecule has 0 aromatic carbocycles. The van der Waals surface area contributed by atoms with E-state index in [-0.39, 0.29) is 29.0 Å². The summed E-state index contributed by atoms with van der Waals surface area (Å²) in [7, 11) is 2.14. The molecule has 0 saturated carbocycles. The molecule has 107 valence electrons. The Kier molecular flexibility index (Phi) is 4.53. The molecule has 0 bridgehead atoms. The highest BCUT2D eigenvalue weighted by Gasteiger charge is 2.47. The number of carbonyl (C=O) groups is 2. The SMILES string of the molecule is C[B]C(C)(C)CC(C)(C)N1C(=O)CC(C(C)C)C1=O. The Morgan fingerprint density at radius 3 is 2.16 bits per heavy atom. The lowest BCUT2D eigenvalue weighted by molar-refractivity contribution is -0.146. The van der Waals surface area contributed by atoms with Gasteiger partial charge in [-0.15, -0.1) is 0 Å². The summed E-state index contributed by atoms with van der Waals surface area (Å²) in [6.45, 7) is 14.3. The fourth-order valence-corrected chi connectivity index (χ4v) is 3.11. The van der Waals surface area contributed by atoms with Gasteiger partial charge in [0, 0.05) is 17.9 Å². The smallest absolute Gasteiger partial charge is 0.233 e. The number of hydrogen-bond acceptors (Lipinski definition) is 2. The fraction of sp³-hybridized carbons (Fsp3) is 0.867. The molecule has 0 aliphatic carbocycles. The first-order valence-electron chi connectivity index (χ1n) is 7.19. The minimum Gasteiger partial charge on any atom is -0.277 e. The van der Waals surface area contributed by atoms with Gasteiger partial charge in [0.2, 0.25) is 11.8 Å². The molecule has 1 aliphatic heterocycles. The van der Waals surface area contributed by atoms with E-state index < -0.39 is 5.54 Å².